The van der Waals surface area contributed by atoms with Crippen molar-refractivity contribution in [2.75, 3.05) is 34.9 Å². The zero-order valence-electron chi connectivity index (χ0n) is 12.7. The lowest BCUT2D eigenvalue weighted by Crippen LogP contribution is -2.35. The Hall–Kier alpha value is -2.50. The number of ether oxygens (including phenoxy) is 2. The molecule has 0 aliphatic heterocycles. The molecule has 0 heterocycles. The summed E-state index contributed by atoms with van der Waals surface area (Å²) in [5.74, 6) is 0.759. The maximum absolute atomic E-state index is 11.6. The standard InChI is InChI=1S/C15H20N2O4/c1-17(2)15(19)10-16-14(18)8-6-11-5-7-12(20-3)9-13(11)21-4/h5-9H,10H2,1-4H3,(H,16,18)/b8-6+. The van der Waals surface area contributed by atoms with Gasteiger partial charge in [0.2, 0.25) is 11.8 Å². The normalized spacial score (nSPS) is 10.3. The molecule has 1 rings (SSSR count). The van der Waals surface area contributed by atoms with Crippen molar-refractivity contribution >= 4 is 17.9 Å². The molecular weight excluding hydrogens is 272 g/mol. The Morgan fingerprint density at radius 2 is 1.95 bits per heavy atom. The number of nitrogens with one attached hydrogen (secondary N) is 1. The van der Waals surface area contributed by atoms with Gasteiger partial charge in [-0.15, -0.1) is 0 Å². The Morgan fingerprint density at radius 3 is 2.52 bits per heavy atom. The molecule has 2 amide bonds. The first-order valence-corrected chi connectivity index (χ1v) is 6.36. The van der Waals surface area contributed by atoms with Crippen LogP contribution in [0, 0.1) is 0 Å². The summed E-state index contributed by atoms with van der Waals surface area (Å²) in [7, 11) is 6.38. The average molecular weight is 292 g/mol. The zero-order valence-corrected chi connectivity index (χ0v) is 12.7. The van der Waals surface area contributed by atoms with Gasteiger partial charge < -0.3 is 19.7 Å². The summed E-state index contributed by atoms with van der Waals surface area (Å²) in [6, 6.07) is 5.29. The van der Waals surface area contributed by atoms with Crippen LogP contribution in [0.3, 0.4) is 0 Å². The van der Waals surface area contributed by atoms with Crippen molar-refractivity contribution in [3.63, 3.8) is 0 Å². The fourth-order valence-electron chi connectivity index (χ4n) is 1.50. The summed E-state index contributed by atoms with van der Waals surface area (Å²) < 4.78 is 10.3. The molecule has 6 heteroatoms. The molecule has 0 aliphatic carbocycles. The Labute approximate surface area is 124 Å². The Bertz CT molecular complexity index is 538. The lowest BCUT2D eigenvalue weighted by molar-refractivity contribution is -0.129. The van der Waals surface area contributed by atoms with E-state index in [0.717, 1.165) is 5.56 Å². The number of rotatable bonds is 6. The summed E-state index contributed by atoms with van der Waals surface area (Å²) in [4.78, 5) is 24.4. The van der Waals surface area contributed by atoms with Crippen molar-refractivity contribution < 1.29 is 19.1 Å². The molecule has 0 radical (unpaired) electrons. The summed E-state index contributed by atoms with van der Waals surface area (Å²) in [6.07, 6.45) is 2.97. The van der Waals surface area contributed by atoms with E-state index in [1.807, 2.05) is 0 Å². The molecule has 0 saturated heterocycles. The molecule has 21 heavy (non-hydrogen) atoms. The summed E-state index contributed by atoms with van der Waals surface area (Å²) in [5, 5.41) is 2.51. The molecule has 1 aromatic carbocycles. The van der Waals surface area contributed by atoms with Gasteiger partial charge in [-0.2, -0.15) is 0 Å². The minimum atomic E-state index is -0.344. The Kier molecular flexibility index (Phi) is 6.26. The van der Waals surface area contributed by atoms with Gasteiger partial charge in [0.25, 0.3) is 0 Å². The highest BCUT2D eigenvalue weighted by atomic mass is 16.5. The molecule has 0 saturated carbocycles. The van der Waals surface area contributed by atoms with E-state index >= 15 is 0 Å². The fraction of sp³-hybridized carbons (Fsp3) is 0.333. The molecule has 0 bridgehead atoms. The van der Waals surface area contributed by atoms with Crippen LogP contribution >= 0.6 is 0 Å². The van der Waals surface area contributed by atoms with Gasteiger partial charge in [0, 0.05) is 31.8 Å². The van der Waals surface area contributed by atoms with E-state index in [1.165, 1.54) is 11.0 Å². The number of hydrogen-bond acceptors (Lipinski definition) is 4. The van der Waals surface area contributed by atoms with Crippen LogP contribution in [0.4, 0.5) is 0 Å². The fourth-order valence-corrected chi connectivity index (χ4v) is 1.50. The minimum Gasteiger partial charge on any atom is -0.497 e. The van der Waals surface area contributed by atoms with Crippen LogP contribution < -0.4 is 14.8 Å². The van der Waals surface area contributed by atoms with Gasteiger partial charge in [-0.3, -0.25) is 9.59 Å². The number of methoxy groups -OCH3 is 2. The van der Waals surface area contributed by atoms with Crippen molar-refractivity contribution in [2.45, 2.75) is 0 Å². The van der Waals surface area contributed by atoms with Crippen LogP contribution in [-0.4, -0.2) is 51.6 Å². The summed E-state index contributed by atoms with van der Waals surface area (Å²) >= 11 is 0. The average Bonchev–Trinajstić information content (AvgIpc) is 2.49. The molecule has 6 nitrogen and oxygen atoms in total. The van der Waals surface area contributed by atoms with Crippen molar-refractivity contribution in [3.05, 3.63) is 29.8 Å². The quantitative estimate of drug-likeness (QED) is 0.792. The molecule has 0 atom stereocenters. The molecule has 0 unspecified atom stereocenters. The van der Waals surface area contributed by atoms with Crippen molar-refractivity contribution in [3.8, 4) is 11.5 Å². The summed E-state index contributed by atoms with van der Waals surface area (Å²) in [6.45, 7) is -0.0318. The van der Waals surface area contributed by atoms with Crippen LogP contribution in [0.2, 0.25) is 0 Å². The second kappa shape index (κ2) is 7.94. The van der Waals surface area contributed by atoms with Crippen molar-refractivity contribution in [1.29, 1.82) is 0 Å². The number of amides is 2. The number of nitrogens with zero attached hydrogens (tertiary/aromatic N) is 1. The maximum atomic E-state index is 11.6. The highest BCUT2D eigenvalue weighted by Crippen LogP contribution is 2.25. The summed E-state index contributed by atoms with van der Waals surface area (Å²) in [5.41, 5.74) is 0.743. The molecule has 0 aromatic heterocycles. The van der Waals surface area contributed by atoms with Gasteiger partial charge in [0.05, 0.1) is 20.8 Å². The van der Waals surface area contributed by atoms with Crippen LogP contribution in [0.5, 0.6) is 11.5 Å². The van der Waals surface area contributed by atoms with E-state index in [9.17, 15) is 9.59 Å². The van der Waals surface area contributed by atoms with E-state index in [0.29, 0.717) is 11.5 Å². The predicted molar refractivity (Wildman–Crippen MR) is 80.3 cm³/mol. The second-order valence-corrected chi connectivity index (χ2v) is 4.45. The zero-order chi connectivity index (χ0) is 15.8. The molecule has 0 fully saturated rings. The number of hydrogen-bond donors (Lipinski definition) is 1. The Morgan fingerprint density at radius 1 is 1.24 bits per heavy atom. The van der Waals surface area contributed by atoms with E-state index < -0.39 is 0 Å². The van der Waals surface area contributed by atoms with Crippen LogP contribution in [0.15, 0.2) is 24.3 Å². The molecular formula is C15H20N2O4. The van der Waals surface area contributed by atoms with Crippen LogP contribution in [0.25, 0.3) is 6.08 Å². The topological polar surface area (TPSA) is 67.9 Å². The third-order valence-corrected chi connectivity index (χ3v) is 2.77. The maximum Gasteiger partial charge on any atom is 0.244 e. The van der Waals surface area contributed by atoms with Crippen molar-refractivity contribution in [1.82, 2.24) is 10.2 Å². The molecule has 1 aromatic rings. The largest absolute Gasteiger partial charge is 0.497 e. The SMILES string of the molecule is COc1ccc(/C=C/C(=O)NCC(=O)N(C)C)c(OC)c1. The van der Waals surface area contributed by atoms with Crippen LogP contribution in [0.1, 0.15) is 5.56 Å². The number of benzene rings is 1. The molecule has 114 valence electrons. The Balaban J connectivity index is 2.67. The first-order chi connectivity index (χ1) is 9.97. The molecule has 0 aliphatic rings. The first kappa shape index (κ1) is 16.6. The van der Waals surface area contributed by atoms with Crippen LogP contribution in [-0.2, 0) is 9.59 Å². The van der Waals surface area contributed by atoms with Gasteiger partial charge in [-0.1, -0.05) is 0 Å². The molecule has 1 N–H and O–H groups in total. The van der Waals surface area contributed by atoms with E-state index in [4.69, 9.17) is 9.47 Å². The van der Waals surface area contributed by atoms with Crippen molar-refractivity contribution in [2.24, 2.45) is 0 Å². The third kappa shape index (κ3) is 5.18. The van der Waals surface area contributed by atoms with Gasteiger partial charge >= 0.3 is 0 Å². The lowest BCUT2D eigenvalue weighted by atomic mass is 10.1. The number of carbonyl (C=O) groups is 2. The first-order valence-electron chi connectivity index (χ1n) is 6.36. The van der Waals surface area contributed by atoms with E-state index in [2.05, 4.69) is 5.32 Å². The lowest BCUT2D eigenvalue weighted by Gasteiger charge is -2.10. The van der Waals surface area contributed by atoms with Gasteiger partial charge in [0.1, 0.15) is 11.5 Å². The molecule has 0 spiro atoms. The highest BCUT2D eigenvalue weighted by Gasteiger charge is 2.06. The second-order valence-electron chi connectivity index (χ2n) is 4.45. The van der Waals surface area contributed by atoms with E-state index in [-0.39, 0.29) is 18.4 Å². The predicted octanol–water partition coefficient (Wildman–Crippen LogP) is 0.921. The van der Waals surface area contributed by atoms with Gasteiger partial charge in [0.15, 0.2) is 0 Å². The number of carbonyl (C=O) groups excluding carboxylic acids is 2. The highest BCUT2D eigenvalue weighted by molar-refractivity contribution is 5.94. The number of likely N-dealkylation sites (N-methyl/N-ethyl adjacent to an activating group) is 1. The smallest absolute Gasteiger partial charge is 0.244 e. The minimum absolute atomic E-state index is 0.0318. The van der Waals surface area contributed by atoms with E-state index in [1.54, 1.807) is 52.6 Å². The third-order valence-electron chi connectivity index (χ3n) is 2.77. The van der Waals surface area contributed by atoms with Gasteiger partial charge in [-0.25, -0.2) is 0 Å². The van der Waals surface area contributed by atoms with Gasteiger partial charge in [-0.05, 0) is 18.2 Å². The monoisotopic (exact) mass is 292 g/mol.